The Hall–Kier alpha value is -1.85. The van der Waals surface area contributed by atoms with Crippen LogP contribution in [0.1, 0.15) is 25.7 Å². The van der Waals surface area contributed by atoms with Crippen LogP contribution < -0.4 is 9.64 Å². The van der Waals surface area contributed by atoms with Crippen molar-refractivity contribution in [1.82, 2.24) is 0 Å². The molecule has 1 heterocycles. The number of halogens is 3. The molecule has 1 aliphatic carbocycles. The summed E-state index contributed by atoms with van der Waals surface area (Å²) in [7, 11) is 0. The van der Waals surface area contributed by atoms with E-state index < -0.39 is 17.6 Å². The second kappa shape index (κ2) is 6.57. The molecule has 0 fully saturated rings. The number of imide groups is 1. The van der Waals surface area contributed by atoms with E-state index in [2.05, 4.69) is 6.58 Å². The lowest BCUT2D eigenvalue weighted by Gasteiger charge is -2.18. The summed E-state index contributed by atoms with van der Waals surface area (Å²) in [6, 6.07) is 2.26. The SMILES string of the molecule is C=C(Cl)COc1cc(N2C(=O)C3=C(CCCC3)C2=O)c(F)cc1Cl. The zero-order valence-corrected chi connectivity index (χ0v) is 14.2. The molecule has 0 radical (unpaired) electrons. The van der Waals surface area contributed by atoms with E-state index in [0.717, 1.165) is 23.8 Å². The van der Waals surface area contributed by atoms with Gasteiger partial charge in [0.25, 0.3) is 11.8 Å². The second-order valence-corrected chi connectivity index (χ2v) is 6.59. The van der Waals surface area contributed by atoms with Gasteiger partial charge in [0.05, 0.1) is 10.7 Å². The maximum Gasteiger partial charge on any atom is 0.261 e. The Bertz CT molecular complexity index is 760. The Morgan fingerprint density at radius 2 is 1.79 bits per heavy atom. The molecule has 0 N–H and O–H groups in total. The topological polar surface area (TPSA) is 46.6 Å². The minimum absolute atomic E-state index is 0.0194. The van der Waals surface area contributed by atoms with Crippen LogP contribution in [0.4, 0.5) is 10.1 Å². The summed E-state index contributed by atoms with van der Waals surface area (Å²) in [5, 5.41) is 0.258. The highest BCUT2D eigenvalue weighted by atomic mass is 35.5. The summed E-state index contributed by atoms with van der Waals surface area (Å²) in [6.45, 7) is 3.46. The van der Waals surface area contributed by atoms with Crippen molar-refractivity contribution in [3.63, 3.8) is 0 Å². The van der Waals surface area contributed by atoms with Crippen LogP contribution in [0.5, 0.6) is 5.75 Å². The lowest BCUT2D eigenvalue weighted by Crippen LogP contribution is -2.32. The van der Waals surface area contributed by atoms with Crippen molar-refractivity contribution in [2.24, 2.45) is 0 Å². The third-order valence-corrected chi connectivity index (χ3v) is 4.42. The molecule has 0 atom stereocenters. The van der Waals surface area contributed by atoms with Crippen molar-refractivity contribution in [2.75, 3.05) is 11.5 Å². The third kappa shape index (κ3) is 2.94. The molecule has 2 aliphatic rings. The van der Waals surface area contributed by atoms with Gasteiger partial charge >= 0.3 is 0 Å². The van der Waals surface area contributed by atoms with Crippen LogP contribution in [0, 0.1) is 5.82 Å². The fourth-order valence-electron chi connectivity index (χ4n) is 2.91. The molecule has 3 rings (SSSR count). The molecule has 1 aromatic rings. The molecule has 0 unspecified atom stereocenters. The molecule has 24 heavy (non-hydrogen) atoms. The number of rotatable bonds is 4. The molecule has 0 saturated heterocycles. The summed E-state index contributed by atoms with van der Waals surface area (Å²) in [4.78, 5) is 25.9. The van der Waals surface area contributed by atoms with E-state index in [1.807, 2.05) is 0 Å². The molecule has 0 spiro atoms. The summed E-state index contributed by atoms with van der Waals surface area (Å²) < 4.78 is 19.7. The number of amides is 2. The van der Waals surface area contributed by atoms with Crippen LogP contribution in [0.2, 0.25) is 5.02 Å². The van der Waals surface area contributed by atoms with Gasteiger partial charge in [0.2, 0.25) is 0 Å². The van der Waals surface area contributed by atoms with Gasteiger partial charge in [-0.05, 0) is 31.7 Å². The molecule has 0 bridgehead atoms. The zero-order chi connectivity index (χ0) is 17.4. The van der Waals surface area contributed by atoms with Gasteiger partial charge in [0.1, 0.15) is 18.2 Å². The fourth-order valence-corrected chi connectivity index (χ4v) is 3.17. The number of ether oxygens (including phenoxy) is 1. The maximum atomic E-state index is 14.4. The number of nitrogens with zero attached hydrogens (tertiary/aromatic N) is 1. The van der Waals surface area contributed by atoms with Crippen molar-refractivity contribution in [3.8, 4) is 5.75 Å². The molecule has 0 aromatic heterocycles. The van der Waals surface area contributed by atoms with E-state index >= 15 is 0 Å². The minimum Gasteiger partial charge on any atom is -0.486 e. The van der Waals surface area contributed by atoms with E-state index in [4.69, 9.17) is 27.9 Å². The Balaban J connectivity index is 1.97. The second-order valence-electron chi connectivity index (χ2n) is 5.65. The maximum absolute atomic E-state index is 14.4. The van der Waals surface area contributed by atoms with Crippen molar-refractivity contribution < 1.29 is 18.7 Å². The fraction of sp³-hybridized carbons (Fsp3) is 0.294. The van der Waals surface area contributed by atoms with Crippen LogP contribution in [-0.2, 0) is 9.59 Å². The van der Waals surface area contributed by atoms with E-state index in [-0.39, 0.29) is 28.1 Å². The van der Waals surface area contributed by atoms with Gasteiger partial charge in [0.15, 0.2) is 0 Å². The quantitative estimate of drug-likeness (QED) is 0.741. The molecule has 0 saturated carbocycles. The van der Waals surface area contributed by atoms with Gasteiger partial charge in [0, 0.05) is 22.2 Å². The number of benzene rings is 1. The largest absolute Gasteiger partial charge is 0.486 e. The molecular weight excluding hydrogens is 356 g/mol. The van der Waals surface area contributed by atoms with Crippen molar-refractivity contribution >= 4 is 40.7 Å². The van der Waals surface area contributed by atoms with Crippen LogP contribution in [-0.4, -0.2) is 18.4 Å². The molecule has 4 nitrogen and oxygen atoms in total. The van der Waals surface area contributed by atoms with E-state index in [9.17, 15) is 14.0 Å². The van der Waals surface area contributed by atoms with Crippen LogP contribution in [0.3, 0.4) is 0 Å². The van der Waals surface area contributed by atoms with Crippen molar-refractivity contribution in [3.05, 3.63) is 45.7 Å². The first kappa shape index (κ1) is 17.0. The van der Waals surface area contributed by atoms with Crippen LogP contribution in [0.25, 0.3) is 0 Å². The summed E-state index contributed by atoms with van der Waals surface area (Å²) in [5.41, 5.74) is 0.799. The Kier molecular flexibility index (Phi) is 4.65. The molecule has 2 amide bonds. The number of carbonyl (C=O) groups is 2. The number of hydrogen-bond acceptors (Lipinski definition) is 3. The number of anilines is 1. The highest BCUT2D eigenvalue weighted by Crippen LogP contribution is 2.39. The zero-order valence-electron chi connectivity index (χ0n) is 12.7. The first-order valence-corrected chi connectivity index (χ1v) is 8.21. The van der Waals surface area contributed by atoms with E-state index in [1.54, 1.807) is 0 Å². The van der Waals surface area contributed by atoms with Gasteiger partial charge in [-0.25, -0.2) is 9.29 Å². The van der Waals surface area contributed by atoms with E-state index in [1.165, 1.54) is 6.07 Å². The average Bonchev–Trinajstić information content (AvgIpc) is 2.79. The monoisotopic (exact) mass is 369 g/mol. The van der Waals surface area contributed by atoms with Gasteiger partial charge in [-0.2, -0.15) is 0 Å². The van der Waals surface area contributed by atoms with Gasteiger partial charge in [-0.15, -0.1) is 0 Å². The first-order chi connectivity index (χ1) is 11.4. The summed E-state index contributed by atoms with van der Waals surface area (Å²) in [6.07, 6.45) is 2.78. The normalized spacial score (nSPS) is 17.4. The van der Waals surface area contributed by atoms with Crippen molar-refractivity contribution in [1.29, 1.82) is 0 Å². The number of carbonyl (C=O) groups excluding carboxylic acids is 2. The summed E-state index contributed by atoms with van der Waals surface area (Å²) >= 11 is 11.6. The Morgan fingerprint density at radius 1 is 1.21 bits per heavy atom. The average molecular weight is 370 g/mol. The predicted molar refractivity (Wildman–Crippen MR) is 89.9 cm³/mol. The third-order valence-electron chi connectivity index (χ3n) is 4.02. The van der Waals surface area contributed by atoms with Gasteiger partial charge in [-0.1, -0.05) is 29.8 Å². The Morgan fingerprint density at radius 3 is 2.33 bits per heavy atom. The minimum atomic E-state index is -0.765. The molecule has 126 valence electrons. The smallest absolute Gasteiger partial charge is 0.261 e. The van der Waals surface area contributed by atoms with Gasteiger partial charge < -0.3 is 4.74 Å². The van der Waals surface area contributed by atoms with Gasteiger partial charge in [-0.3, -0.25) is 9.59 Å². The lowest BCUT2D eigenvalue weighted by atomic mass is 9.93. The highest BCUT2D eigenvalue weighted by Gasteiger charge is 2.41. The highest BCUT2D eigenvalue weighted by molar-refractivity contribution is 6.34. The number of hydrogen-bond donors (Lipinski definition) is 0. The molecular formula is C17H14Cl2FNO3. The molecule has 7 heteroatoms. The molecule has 1 aromatic carbocycles. The summed E-state index contributed by atoms with van der Waals surface area (Å²) in [5.74, 6) is -1.58. The van der Waals surface area contributed by atoms with Crippen molar-refractivity contribution in [2.45, 2.75) is 25.7 Å². The standard InChI is InChI=1S/C17H14Cl2FNO3/c1-9(18)8-24-15-7-14(13(20)6-12(15)19)21-16(22)10-4-2-3-5-11(10)17(21)23/h6-7H,1-5,8H2. The molecule has 1 aliphatic heterocycles. The van der Waals surface area contributed by atoms with E-state index in [0.29, 0.717) is 24.0 Å². The lowest BCUT2D eigenvalue weighted by molar-refractivity contribution is -0.120. The first-order valence-electron chi connectivity index (χ1n) is 7.46. The predicted octanol–water partition coefficient (Wildman–Crippen LogP) is 4.35. The van der Waals surface area contributed by atoms with Crippen LogP contribution >= 0.6 is 23.2 Å². The van der Waals surface area contributed by atoms with Crippen LogP contribution in [0.15, 0.2) is 34.9 Å². The Labute approximate surface area is 148 Å².